The van der Waals surface area contributed by atoms with Crippen molar-refractivity contribution in [1.29, 1.82) is 0 Å². The van der Waals surface area contributed by atoms with Crippen LogP contribution in [0.1, 0.15) is 27.0 Å². The molecule has 0 saturated heterocycles. The van der Waals surface area contributed by atoms with Crippen molar-refractivity contribution in [1.82, 2.24) is 4.90 Å². The number of aliphatic hydroxyl groups is 1. The first-order chi connectivity index (χ1) is 12.5. The zero-order chi connectivity index (χ0) is 18.3. The van der Waals surface area contributed by atoms with Gasteiger partial charge in [-0.15, -0.1) is 0 Å². The van der Waals surface area contributed by atoms with E-state index in [2.05, 4.69) is 15.9 Å². The van der Waals surface area contributed by atoms with Gasteiger partial charge in [-0.1, -0.05) is 70.0 Å². The van der Waals surface area contributed by atoms with Crippen LogP contribution in [-0.2, 0) is 12.3 Å². The first kappa shape index (κ1) is 17.3. The Balaban J connectivity index is 1.86. The highest BCUT2D eigenvalue weighted by Gasteiger charge is 2.49. The average molecular weight is 429 g/mol. The Morgan fingerprint density at radius 2 is 1.73 bits per heavy atom. The zero-order valence-corrected chi connectivity index (χ0v) is 16.0. The van der Waals surface area contributed by atoms with Crippen molar-refractivity contribution in [2.24, 2.45) is 0 Å². The van der Waals surface area contributed by atoms with E-state index in [1.165, 1.54) is 4.90 Å². The lowest BCUT2D eigenvalue weighted by Gasteiger charge is -2.35. The third kappa shape index (κ3) is 2.75. The molecule has 0 fully saturated rings. The fraction of sp³-hybridized carbons (Fsp3) is 0.0952. The summed E-state index contributed by atoms with van der Waals surface area (Å²) in [6.07, 6.45) is 0. The van der Waals surface area contributed by atoms with Crippen molar-refractivity contribution in [2.45, 2.75) is 12.3 Å². The van der Waals surface area contributed by atoms with Crippen LogP contribution >= 0.6 is 27.5 Å². The van der Waals surface area contributed by atoms with Crippen molar-refractivity contribution < 1.29 is 9.90 Å². The van der Waals surface area contributed by atoms with Gasteiger partial charge in [0.2, 0.25) is 0 Å². The topological polar surface area (TPSA) is 40.5 Å². The van der Waals surface area contributed by atoms with Gasteiger partial charge in [0, 0.05) is 32.7 Å². The lowest BCUT2D eigenvalue weighted by atomic mass is 9.93. The molecule has 0 saturated carbocycles. The van der Waals surface area contributed by atoms with Crippen molar-refractivity contribution in [2.75, 3.05) is 0 Å². The number of carbonyl (C=O) groups is 1. The summed E-state index contributed by atoms with van der Waals surface area (Å²) in [6, 6.07) is 21.8. The summed E-state index contributed by atoms with van der Waals surface area (Å²) in [7, 11) is 0. The van der Waals surface area contributed by atoms with Gasteiger partial charge >= 0.3 is 0 Å². The van der Waals surface area contributed by atoms with Gasteiger partial charge in [-0.25, -0.2) is 0 Å². The van der Waals surface area contributed by atoms with E-state index in [0.29, 0.717) is 21.7 Å². The molecule has 3 aromatic carbocycles. The average Bonchev–Trinajstić information content (AvgIpc) is 2.86. The molecule has 1 aliphatic rings. The number of benzene rings is 3. The van der Waals surface area contributed by atoms with Crippen LogP contribution in [0.5, 0.6) is 0 Å². The van der Waals surface area contributed by atoms with E-state index >= 15 is 0 Å². The Bertz CT molecular complexity index is 989. The van der Waals surface area contributed by atoms with Crippen molar-refractivity contribution in [3.63, 3.8) is 0 Å². The number of halogens is 2. The fourth-order valence-corrected chi connectivity index (χ4v) is 3.98. The molecule has 0 aromatic heterocycles. The molecule has 0 bridgehead atoms. The third-order valence-corrected chi connectivity index (χ3v) is 5.39. The fourth-order valence-electron chi connectivity index (χ4n) is 3.41. The van der Waals surface area contributed by atoms with Crippen LogP contribution in [-0.4, -0.2) is 15.9 Å². The quantitative estimate of drug-likeness (QED) is 0.641. The smallest absolute Gasteiger partial charge is 0.257 e. The van der Waals surface area contributed by atoms with Crippen LogP contribution < -0.4 is 0 Å². The van der Waals surface area contributed by atoms with E-state index in [1.807, 2.05) is 36.4 Å². The van der Waals surface area contributed by atoms with Gasteiger partial charge in [0.15, 0.2) is 5.72 Å². The highest BCUT2D eigenvalue weighted by Crippen LogP contribution is 2.43. The van der Waals surface area contributed by atoms with E-state index in [4.69, 9.17) is 11.6 Å². The molecular weight excluding hydrogens is 414 g/mol. The van der Waals surface area contributed by atoms with Crippen LogP contribution in [0.15, 0.2) is 77.3 Å². The SMILES string of the molecule is O=C1c2ccccc2C(O)(c2ccc(Cl)cc2)N1Cc1cccc(Br)c1. The van der Waals surface area contributed by atoms with Gasteiger partial charge in [0.1, 0.15) is 0 Å². The summed E-state index contributed by atoms with van der Waals surface area (Å²) >= 11 is 9.46. The van der Waals surface area contributed by atoms with Gasteiger partial charge < -0.3 is 5.11 Å². The molecule has 1 unspecified atom stereocenters. The molecule has 4 rings (SSSR count). The third-order valence-electron chi connectivity index (χ3n) is 4.65. The van der Waals surface area contributed by atoms with Crippen LogP contribution in [0, 0.1) is 0 Å². The molecule has 5 heteroatoms. The number of nitrogens with zero attached hydrogens (tertiary/aromatic N) is 1. The number of amides is 1. The monoisotopic (exact) mass is 427 g/mol. The van der Waals surface area contributed by atoms with Crippen LogP contribution in [0.2, 0.25) is 5.02 Å². The number of fused-ring (bicyclic) bond motifs is 1. The summed E-state index contributed by atoms with van der Waals surface area (Å²) < 4.78 is 0.925. The molecule has 26 heavy (non-hydrogen) atoms. The number of hydrogen-bond donors (Lipinski definition) is 1. The number of carbonyl (C=O) groups excluding carboxylic acids is 1. The first-order valence-electron chi connectivity index (χ1n) is 8.14. The van der Waals surface area contributed by atoms with Gasteiger partial charge in [-0.2, -0.15) is 0 Å². The minimum absolute atomic E-state index is 0.196. The summed E-state index contributed by atoms with van der Waals surface area (Å²) in [5, 5.41) is 12.3. The Kier molecular flexibility index (Phi) is 4.35. The maximum atomic E-state index is 13.1. The van der Waals surface area contributed by atoms with Crippen molar-refractivity contribution >= 4 is 33.4 Å². The summed E-state index contributed by atoms with van der Waals surface area (Å²) in [5.74, 6) is -0.196. The number of hydrogen-bond acceptors (Lipinski definition) is 2. The molecule has 0 radical (unpaired) electrons. The van der Waals surface area contributed by atoms with Gasteiger partial charge in [0.25, 0.3) is 5.91 Å². The second-order valence-electron chi connectivity index (χ2n) is 6.25. The van der Waals surface area contributed by atoms with E-state index in [1.54, 1.807) is 36.4 Å². The first-order valence-corrected chi connectivity index (χ1v) is 9.31. The maximum absolute atomic E-state index is 13.1. The van der Waals surface area contributed by atoms with Crippen LogP contribution in [0.4, 0.5) is 0 Å². The molecule has 3 nitrogen and oxygen atoms in total. The largest absolute Gasteiger partial charge is 0.363 e. The van der Waals surface area contributed by atoms with Crippen molar-refractivity contribution in [3.05, 3.63) is 105 Å². The Morgan fingerprint density at radius 1 is 1.00 bits per heavy atom. The van der Waals surface area contributed by atoms with Gasteiger partial charge in [-0.3, -0.25) is 9.69 Å². The minimum Gasteiger partial charge on any atom is -0.363 e. The predicted octanol–water partition coefficient (Wildman–Crippen LogP) is 4.95. The molecule has 1 aliphatic heterocycles. The summed E-state index contributed by atoms with van der Waals surface area (Å²) in [6.45, 7) is 0.284. The minimum atomic E-state index is -1.54. The standard InChI is InChI=1S/C21H15BrClNO2/c22-16-5-3-4-14(12-16)13-24-20(25)18-6-1-2-7-19(18)21(24,26)15-8-10-17(23)11-9-15/h1-12,26H,13H2. The molecular formula is C21H15BrClNO2. The van der Waals surface area contributed by atoms with Crippen LogP contribution in [0.25, 0.3) is 0 Å². The Hall–Kier alpha value is -2.14. The molecule has 130 valence electrons. The summed E-state index contributed by atoms with van der Waals surface area (Å²) in [5.41, 5.74) is 1.09. The molecule has 1 amide bonds. The normalized spacial score (nSPS) is 18.9. The predicted molar refractivity (Wildman–Crippen MR) is 105 cm³/mol. The van der Waals surface area contributed by atoms with Crippen molar-refractivity contribution in [3.8, 4) is 0 Å². The molecule has 1 N–H and O–H groups in total. The molecule has 0 spiro atoms. The molecule has 1 heterocycles. The lowest BCUT2D eigenvalue weighted by molar-refractivity contribution is -0.0542. The lowest BCUT2D eigenvalue weighted by Crippen LogP contribution is -2.44. The van der Waals surface area contributed by atoms with E-state index in [-0.39, 0.29) is 12.5 Å². The van der Waals surface area contributed by atoms with E-state index < -0.39 is 5.72 Å². The van der Waals surface area contributed by atoms with Gasteiger partial charge in [-0.05, 0) is 35.9 Å². The second-order valence-corrected chi connectivity index (χ2v) is 7.60. The second kappa shape index (κ2) is 6.54. The highest BCUT2D eigenvalue weighted by molar-refractivity contribution is 9.10. The Labute approximate surface area is 165 Å². The highest BCUT2D eigenvalue weighted by atomic mass is 79.9. The zero-order valence-electron chi connectivity index (χ0n) is 13.7. The maximum Gasteiger partial charge on any atom is 0.257 e. The van der Waals surface area contributed by atoms with E-state index in [0.717, 1.165) is 10.0 Å². The van der Waals surface area contributed by atoms with Crippen LogP contribution in [0.3, 0.4) is 0 Å². The van der Waals surface area contributed by atoms with Gasteiger partial charge in [0.05, 0.1) is 0 Å². The molecule has 1 atom stereocenters. The summed E-state index contributed by atoms with van der Waals surface area (Å²) in [4.78, 5) is 14.6. The van der Waals surface area contributed by atoms with E-state index in [9.17, 15) is 9.90 Å². The number of rotatable bonds is 3. The molecule has 3 aromatic rings. The Morgan fingerprint density at radius 3 is 2.46 bits per heavy atom. The molecule has 0 aliphatic carbocycles.